The van der Waals surface area contributed by atoms with Gasteiger partial charge in [-0.1, -0.05) is 38.1 Å². The van der Waals surface area contributed by atoms with Crippen molar-refractivity contribution in [3.63, 3.8) is 0 Å². The fourth-order valence-corrected chi connectivity index (χ4v) is 5.50. The van der Waals surface area contributed by atoms with Crippen molar-refractivity contribution in [3.8, 4) is 0 Å². The summed E-state index contributed by atoms with van der Waals surface area (Å²) < 4.78 is 13.5. The molecule has 1 aliphatic heterocycles. The van der Waals surface area contributed by atoms with Gasteiger partial charge in [0.25, 0.3) is 5.91 Å². The zero-order chi connectivity index (χ0) is 29.7. The lowest BCUT2D eigenvalue weighted by atomic mass is 9.87. The van der Waals surface area contributed by atoms with Gasteiger partial charge in [-0.15, -0.1) is 0 Å². The van der Waals surface area contributed by atoms with Crippen molar-refractivity contribution in [1.82, 2.24) is 25.8 Å². The number of aryl methyl sites for hydroxylation is 1. The van der Waals surface area contributed by atoms with Gasteiger partial charge in [0, 0.05) is 18.7 Å². The Morgan fingerprint density at radius 1 is 0.976 bits per heavy atom. The van der Waals surface area contributed by atoms with Crippen LogP contribution in [0.15, 0.2) is 48.5 Å². The van der Waals surface area contributed by atoms with E-state index in [0.717, 1.165) is 24.8 Å². The third kappa shape index (κ3) is 6.93. The van der Waals surface area contributed by atoms with Gasteiger partial charge in [-0.2, -0.15) is 0 Å². The molecule has 41 heavy (non-hydrogen) atoms. The van der Waals surface area contributed by atoms with Crippen LogP contribution in [0.1, 0.15) is 61.1 Å². The highest BCUT2D eigenvalue weighted by molar-refractivity contribution is 5.97. The highest BCUT2D eigenvalue weighted by Gasteiger charge is 2.41. The summed E-state index contributed by atoms with van der Waals surface area (Å²) in [6.45, 7) is 5.68. The van der Waals surface area contributed by atoms with Gasteiger partial charge < -0.3 is 25.8 Å². The summed E-state index contributed by atoms with van der Waals surface area (Å²) in [6, 6.07) is 10.8. The van der Waals surface area contributed by atoms with Crippen LogP contribution in [0.4, 0.5) is 4.39 Å². The lowest BCUT2D eigenvalue weighted by molar-refractivity contribution is -0.147. The molecule has 4 amide bonds. The zero-order valence-corrected chi connectivity index (χ0v) is 24.2. The smallest absolute Gasteiger partial charge is 0.254 e. The second-order valence-corrected chi connectivity index (χ2v) is 11.2. The summed E-state index contributed by atoms with van der Waals surface area (Å²) in [5.41, 5.74) is 2.56. The first-order valence-electron chi connectivity index (χ1n) is 14.3. The first-order valence-corrected chi connectivity index (χ1v) is 14.3. The molecule has 1 fully saturated rings. The fraction of sp³-hybridized carbons (Fsp3) is 0.484. The van der Waals surface area contributed by atoms with E-state index in [-0.39, 0.29) is 55.2 Å². The third-order valence-electron chi connectivity index (χ3n) is 8.09. The molecule has 1 aliphatic carbocycles. The SMILES string of the molecule is CN[C@@H](C)C(=O)N[C@H](C(=O)N1CCN(C(=O)c2ccc(F)cc2)C[C@H]1C(=O)NC1CCCc2ccccc21)C(C)C. The lowest BCUT2D eigenvalue weighted by Gasteiger charge is -2.43. The maximum Gasteiger partial charge on any atom is 0.254 e. The minimum Gasteiger partial charge on any atom is -0.347 e. The van der Waals surface area contributed by atoms with Gasteiger partial charge in [-0.05, 0) is 74.5 Å². The molecule has 2 aromatic carbocycles. The summed E-state index contributed by atoms with van der Waals surface area (Å²) in [4.78, 5) is 56.9. The molecular weight excluding hydrogens is 525 g/mol. The van der Waals surface area contributed by atoms with Gasteiger partial charge in [0.1, 0.15) is 17.9 Å². The number of hydrogen-bond donors (Lipinski definition) is 3. The summed E-state index contributed by atoms with van der Waals surface area (Å²) >= 11 is 0. The normalized spacial score (nSPS) is 20.1. The van der Waals surface area contributed by atoms with E-state index in [0.29, 0.717) is 5.56 Å². The van der Waals surface area contributed by atoms with E-state index in [9.17, 15) is 23.6 Å². The second-order valence-electron chi connectivity index (χ2n) is 11.2. The maximum atomic E-state index is 13.9. The van der Waals surface area contributed by atoms with E-state index >= 15 is 0 Å². The van der Waals surface area contributed by atoms with Gasteiger partial charge in [0.15, 0.2) is 0 Å². The number of nitrogens with one attached hydrogen (secondary N) is 3. The van der Waals surface area contributed by atoms with Crippen molar-refractivity contribution in [2.24, 2.45) is 5.92 Å². The number of amides is 4. The number of benzene rings is 2. The Balaban J connectivity index is 1.60. The third-order valence-corrected chi connectivity index (χ3v) is 8.09. The minimum absolute atomic E-state index is 0.0200. The number of rotatable bonds is 8. The molecular formula is C31H40FN5O4. The molecule has 9 nitrogen and oxygen atoms in total. The molecule has 1 saturated heterocycles. The van der Waals surface area contributed by atoms with Gasteiger partial charge in [0.05, 0.1) is 18.6 Å². The molecule has 0 saturated carbocycles. The van der Waals surface area contributed by atoms with Gasteiger partial charge in [-0.3, -0.25) is 19.2 Å². The Kier molecular flexibility index (Phi) is 9.75. The Morgan fingerprint density at radius 2 is 1.68 bits per heavy atom. The van der Waals surface area contributed by atoms with Crippen molar-refractivity contribution in [2.45, 2.75) is 64.2 Å². The molecule has 1 unspecified atom stereocenters. The van der Waals surface area contributed by atoms with E-state index in [4.69, 9.17) is 0 Å². The monoisotopic (exact) mass is 565 g/mol. The molecule has 0 bridgehead atoms. The predicted octanol–water partition coefficient (Wildman–Crippen LogP) is 2.42. The summed E-state index contributed by atoms with van der Waals surface area (Å²) in [6.07, 6.45) is 2.64. The van der Waals surface area contributed by atoms with Crippen LogP contribution < -0.4 is 16.0 Å². The van der Waals surface area contributed by atoms with Gasteiger partial charge in [-0.25, -0.2) is 4.39 Å². The van der Waals surface area contributed by atoms with Crippen LogP contribution in [0, 0.1) is 11.7 Å². The Morgan fingerprint density at radius 3 is 2.37 bits per heavy atom. The highest BCUT2D eigenvalue weighted by atomic mass is 19.1. The molecule has 10 heteroatoms. The first kappa shape index (κ1) is 30.2. The molecule has 4 rings (SSSR count). The number of likely N-dealkylation sites (N-methyl/N-ethyl adjacent to an activating group) is 1. The standard InChI is InChI=1S/C31H40FN5O4/c1-19(2)27(35-28(38)20(3)33-4)31(41)37-17-16-36(30(40)22-12-14-23(32)15-13-22)18-26(37)29(39)34-25-11-7-9-21-8-5-6-10-24(21)25/h5-6,8,10,12-15,19-20,25-27,33H,7,9,11,16-18H2,1-4H3,(H,34,39)(H,35,38)/t20-,25?,26-,27-/m0/s1. The molecule has 4 atom stereocenters. The second kappa shape index (κ2) is 13.2. The van der Waals surface area contributed by atoms with Crippen molar-refractivity contribution < 1.29 is 23.6 Å². The minimum atomic E-state index is -0.963. The van der Waals surface area contributed by atoms with Gasteiger partial charge >= 0.3 is 0 Å². The fourth-order valence-electron chi connectivity index (χ4n) is 5.50. The largest absolute Gasteiger partial charge is 0.347 e. The van der Waals surface area contributed by atoms with Crippen LogP contribution in [0.25, 0.3) is 0 Å². The van der Waals surface area contributed by atoms with Crippen molar-refractivity contribution in [3.05, 3.63) is 71.0 Å². The van der Waals surface area contributed by atoms with Crippen LogP contribution in [-0.4, -0.2) is 78.2 Å². The number of fused-ring (bicyclic) bond motifs is 1. The molecule has 2 aromatic rings. The van der Waals surface area contributed by atoms with E-state index in [1.165, 1.54) is 39.6 Å². The van der Waals surface area contributed by atoms with Crippen LogP contribution in [0.3, 0.4) is 0 Å². The quantitative estimate of drug-likeness (QED) is 0.456. The average molecular weight is 566 g/mol. The number of nitrogens with zero attached hydrogens (tertiary/aromatic N) is 2. The maximum absolute atomic E-state index is 13.9. The topological polar surface area (TPSA) is 111 Å². The number of hydrogen-bond acceptors (Lipinski definition) is 5. The number of halogens is 1. The Labute approximate surface area is 240 Å². The van der Waals surface area contributed by atoms with Crippen molar-refractivity contribution in [1.29, 1.82) is 0 Å². The first-order chi connectivity index (χ1) is 19.6. The number of carbonyl (C=O) groups is 4. The highest BCUT2D eigenvalue weighted by Crippen LogP contribution is 2.30. The summed E-state index contributed by atoms with van der Waals surface area (Å²) in [5.74, 6) is -2.05. The molecule has 220 valence electrons. The predicted molar refractivity (Wildman–Crippen MR) is 153 cm³/mol. The Bertz CT molecular complexity index is 1270. The Hall–Kier alpha value is -3.79. The molecule has 2 aliphatic rings. The number of piperazine rings is 1. The van der Waals surface area contributed by atoms with E-state index < -0.39 is 23.9 Å². The van der Waals surface area contributed by atoms with E-state index in [1.54, 1.807) is 14.0 Å². The van der Waals surface area contributed by atoms with Crippen molar-refractivity contribution >= 4 is 23.6 Å². The van der Waals surface area contributed by atoms with Crippen molar-refractivity contribution in [2.75, 3.05) is 26.7 Å². The van der Waals surface area contributed by atoms with E-state index in [1.807, 2.05) is 32.0 Å². The van der Waals surface area contributed by atoms with Crippen LogP contribution >= 0.6 is 0 Å². The number of carbonyl (C=O) groups excluding carboxylic acids is 4. The van der Waals surface area contributed by atoms with Crippen LogP contribution in [-0.2, 0) is 20.8 Å². The van der Waals surface area contributed by atoms with E-state index in [2.05, 4.69) is 22.0 Å². The lowest BCUT2D eigenvalue weighted by Crippen LogP contribution is -2.65. The zero-order valence-electron chi connectivity index (χ0n) is 24.2. The molecule has 0 aromatic heterocycles. The average Bonchev–Trinajstić information content (AvgIpc) is 2.98. The van der Waals surface area contributed by atoms with Crippen LogP contribution in [0.5, 0.6) is 0 Å². The summed E-state index contributed by atoms with van der Waals surface area (Å²) in [7, 11) is 1.66. The van der Waals surface area contributed by atoms with Crippen LogP contribution in [0.2, 0.25) is 0 Å². The molecule has 3 N–H and O–H groups in total. The molecule has 1 heterocycles. The van der Waals surface area contributed by atoms with Gasteiger partial charge in [0.2, 0.25) is 17.7 Å². The molecule has 0 spiro atoms. The molecule has 0 radical (unpaired) electrons. The summed E-state index contributed by atoms with van der Waals surface area (Å²) in [5, 5.41) is 8.87.